The summed E-state index contributed by atoms with van der Waals surface area (Å²) in [5, 5.41) is 4.67. The van der Waals surface area contributed by atoms with E-state index in [0.29, 0.717) is 6.54 Å². The van der Waals surface area contributed by atoms with Gasteiger partial charge in [-0.2, -0.15) is 5.10 Å². The smallest absolute Gasteiger partial charge is 0.0665 e. The zero-order chi connectivity index (χ0) is 13.8. The first-order valence-corrected chi connectivity index (χ1v) is 7.02. The van der Waals surface area contributed by atoms with Gasteiger partial charge in [0.2, 0.25) is 0 Å². The molecule has 19 heavy (non-hydrogen) atoms. The van der Waals surface area contributed by atoms with Crippen LogP contribution in [0, 0.1) is 6.92 Å². The minimum absolute atomic E-state index is 0.600. The third-order valence-corrected chi connectivity index (χ3v) is 3.60. The Labute approximate surface area is 115 Å². The standard InChI is InChI=1S/C16H23N3/c1-4-15-9-16(5-2)19(18-15)11-14-7-6-13(10-17)8-12(14)3/h6-9H,4-5,10-11,17H2,1-3H3. The van der Waals surface area contributed by atoms with Crippen LogP contribution in [-0.4, -0.2) is 9.78 Å². The number of aryl methyl sites for hydroxylation is 3. The summed E-state index contributed by atoms with van der Waals surface area (Å²) in [6, 6.07) is 8.66. The number of aromatic nitrogens is 2. The van der Waals surface area contributed by atoms with Crippen molar-refractivity contribution in [3.63, 3.8) is 0 Å². The highest BCUT2D eigenvalue weighted by molar-refractivity contribution is 5.31. The molecule has 0 radical (unpaired) electrons. The van der Waals surface area contributed by atoms with E-state index in [0.717, 1.165) is 19.4 Å². The molecule has 2 aromatic rings. The van der Waals surface area contributed by atoms with Crippen molar-refractivity contribution in [3.8, 4) is 0 Å². The van der Waals surface area contributed by atoms with Gasteiger partial charge in [-0.05, 0) is 42.5 Å². The van der Waals surface area contributed by atoms with Gasteiger partial charge in [0.1, 0.15) is 0 Å². The number of hydrogen-bond donors (Lipinski definition) is 1. The van der Waals surface area contributed by atoms with Crippen LogP contribution in [0.4, 0.5) is 0 Å². The molecule has 0 saturated carbocycles. The van der Waals surface area contributed by atoms with E-state index in [1.807, 2.05) is 0 Å². The average Bonchev–Trinajstić information content (AvgIpc) is 2.83. The molecular formula is C16H23N3. The third kappa shape index (κ3) is 3.04. The summed E-state index contributed by atoms with van der Waals surface area (Å²) in [5.41, 5.74) is 11.9. The van der Waals surface area contributed by atoms with Gasteiger partial charge in [-0.3, -0.25) is 4.68 Å². The molecule has 1 heterocycles. The second-order valence-electron chi connectivity index (χ2n) is 4.96. The molecule has 0 aliphatic carbocycles. The summed E-state index contributed by atoms with van der Waals surface area (Å²) in [5.74, 6) is 0. The van der Waals surface area contributed by atoms with Gasteiger partial charge >= 0.3 is 0 Å². The molecule has 1 aromatic carbocycles. The van der Waals surface area contributed by atoms with Crippen LogP contribution in [0.1, 0.15) is 41.9 Å². The molecular weight excluding hydrogens is 234 g/mol. The number of hydrogen-bond acceptors (Lipinski definition) is 2. The summed E-state index contributed by atoms with van der Waals surface area (Å²) in [6.07, 6.45) is 2.01. The van der Waals surface area contributed by atoms with Gasteiger partial charge in [0.25, 0.3) is 0 Å². The van der Waals surface area contributed by atoms with Crippen molar-refractivity contribution in [3.05, 3.63) is 52.3 Å². The lowest BCUT2D eigenvalue weighted by atomic mass is 10.1. The Morgan fingerprint density at radius 2 is 1.95 bits per heavy atom. The van der Waals surface area contributed by atoms with Crippen LogP contribution in [0.3, 0.4) is 0 Å². The molecule has 0 unspecified atom stereocenters. The fourth-order valence-corrected chi connectivity index (χ4v) is 2.33. The van der Waals surface area contributed by atoms with Gasteiger partial charge in [0, 0.05) is 12.2 Å². The summed E-state index contributed by atoms with van der Waals surface area (Å²) in [7, 11) is 0. The fourth-order valence-electron chi connectivity index (χ4n) is 2.33. The van der Waals surface area contributed by atoms with Crippen molar-refractivity contribution >= 4 is 0 Å². The number of nitrogens with two attached hydrogens (primary N) is 1. The first-order chi connectivity index (χ1) is 9.17. The predicted octanol–water partition coefficient (Wildman–Crippen LogP) is 2.82. The highest BCUT2D eigenvalue weighted by Crippen LogP contribution is 2.15. The topological polar surface area (TPSA) is 43.8 Å². The van der Waals surface area contributed by atoms with E-state index in [-0.39, 0.29) is 0 Å². The van der Waals surface area contributed by atoms with E-state index in [9.17, 15) is 0 Å². The molecule has 0 amide bonds. The first-order valence-electron chi connectivity index (χ1n) is 7.02. The molecule has 0 spiro atoms. The first kappa shape index (κ1) is 13.8. The van der Waals surface area contributed by atoms with Crippen molar-refractivity contribution in [1.29, 1.82) is 0 Å². The van der Waals surface area contributed by atoms with E-state index < -0.39 is 0 Å². The Morgan fingerprint density at radius 1 is 1.16 bits per heavy atom. The van der Waals surface area contributed by atoms with Crippen molar-refractivity contribution in [2.45, 2.75) is 46.7 Å². The van der Waals surface area contributed by atoms with Crippen LogP contribution >= 0.6 is 0 Å². The number of benzene rings is 1. The number of nitrogens with zero attached hydrogens (tertiary/aromatic N) is 2. The maximum absolute atomic E-state index is 5.67. The maximum Gasteiger partial charge on any atom is 0.0665 e. The highest BCUT2D eigenvalue weighted by atomic mass is 15.3. The highest BCUT2D eigenvalue weighted by Gasteiger charge is 2.07. The van der Waals surface area contributed by atoms with Crippen LogP contribution in [0.25, 0.3) is 0 Å². The molecule has 0 aliphatic heterocycles. The Morgan fingerprint density at radius 3 is 2.53 bits per heavy atom. The number of rotatable bonds is 5. The Balaban J connectivity index is 2.27. The molecule has 3 heteroatoms. The molecule has 1 aromatic heterocycles. The van der Waals surface area contributed by atoms with E-state index in [1.54, 1.807) is 0 Å². The van der Waals surface area contributed by atoms with Crippen molar-refractivity contribution in [1.82, 2.24) is 9.78 Å². The van der Waals surface area contributed by atoms with E-state index in [2.05, 4.69) is 54.8 Å². The molecule has 102 valence electrons. The van der Waals surface area contributed by atoms with E-state index >= 15 is 0 Å². The molecule has 2 N–H and O–H groups in total. The quantitative estimate of drug-likeness (QED) is 0.895. The van der Waals surface area contributed by atoms with Gasteiger partial charge in [-0.15, -0.1) is 0 Å². The van der Waals surface area contributed by atoms with Crippen molar-refractivity contribution in [2.24, 2.45) is 5.73 Å². The SMILES string of the molecule is CCc1cc(CC)n(Cc2ccc(CN)cc2C)n1. The van der Waals surface area contributed by atoms with Gasteiger partial charge in [-0.1, -0.05) is 32.0 Å². The van der Waals surface area contributed by atoms with Gasteiger partial charge in [0.15, 0.2) is 0 Å². The summed E-state index contributed by atoms with van der Waals surface area (Å²) < 4.78 is 2.13. The van der Waals surface area contributed by atoms with Crippen LogP contribution < -0.4 is 5.73 Å². The summed E-state index contributed by atoms with van der Waals surface area (Å²) in [4.78, 5) is 0. The summed E-state index contributed by atoms with van der Waals surface area (Å²) >= 11 is 0. The van der Waals surface area contributed by atoms with Gasteiger partial charge in [0.05, 0.1) is 12.2 Å². The molecule has 0 fully saturated rings. The van der Waals surface area contributed by atoms with E-state index in [1.165, 1.54) is 28.1 Å². The Bertz CT molecular complexity index is 555. The molecule has 2 rings (SSSR count). The van der Waals surface area contributed by atoms with Crippen LogP contribution in [-0.2, 0) is 25.9 Å². The normalized spacial score (nSPS) is 10.9. The Kier molecular flexibility index (Phi) is 4.38. The van der Waals surface area contributed by atoms with Crippen LogP contribution in [0.2, 0.25) is 0 Å². The van der Waals surface area contributed by atoms with Crippen molar-refractivity contribution in [2.75, 3.05) is 0 Å². The van der Waals surface area contributed by atoms with E-state index in [4.69, 9.17) is 5.73 Å². The van der Waals surface area contributed by atoms with Crippen LogP contribution in [0.15, 0.2) is 24.3 Å². The molecule has 0 bridgehead atoms. The molecule has 0 atom stereocenters. The predicted molar refractivity (Wildman–Crippen MR) is 79.2 cm³/mol. The molecule has 0 aliphatic rings. The monoisotopic (exact) mass is 257 g/mol. The zero-order valence-electron chi connectivity index (χ0n) is 12.1. The maximum atomic E-state index is 5.67. The average molecular weight is 257 g/mol. The molecule has 3 nitrogen and oxygen atoms in total. The second kappa shape index (κ2) is 6.02. The lowest BCUT2D eigenvalue weighted by molar-refractivity contribution is 0.638. The third-order valence-electron chi connectivity index (χ3n) is 3.60. The van der Waals surface area contributed by atoms with Gasteiger partial charge < -0.3 is 5.73 Å². The molecule has 0 saturated heterocycles. The fraction of sp³-hybridized carbons (Fsp3) is 0.438. The Hall–Kier alpha value is -1.61. The van der Waals surface area contributed by atoms with Crippen molar-refractivity contribution < 1.29 is 0 Å². The minimum atomic E-state index is 0.600. The zero-order valence-corrected chi connectivity index (χ0v) is 12.1. The minimum Gasteiger partial charge on any atom is -0.326 e. The van der Waals surface area contributed by atoms with Gasteiger partial charge in [-0.25, -0.2) is 0 Å². The lowest BCUT2D eigenvalue weighted by Crippen LogP contribution is -2.08. The lowest BCUT2D eigenvalue weighted by Gasteiger charge is -2.10. The largest absolute Gasteiger partial charge is 0.326 e. The van der Waals surface area contributed by atoms with Crippen LogP contribution in [0.5, 0.6) is 0 Å². The summed E-state index contributed by atoms with van der Waals surface area (Å²) in [6.45, 7) is 7.91. The second-order valence-corrected chi connectivity index (χ2v) is 4.96.